The minimum absolute atomic E-state index is 0.130. The van der Waals surface area contributed by atoms with E-state index in [9.17, 15) is 9.59 Å². The van der Waals surface area contributed by atoms with Crippen molar-refractivity contribution in [2.24, 2.45) is 5.92 Å². The van der Waals surface area contributed by atoms with Crippen molar-refractivity contribution in [1.29, 1.82) is 0 Å². The summed E-state index contributed by atoms with van der Waals surface area (Å²) in [5.41, 5.74) is 2.37. The molecule has 2 rings (SSSR count). The predicted octanol–water partition coefficient (Wildman–Crippen LogP) is 2.69. The van der Waals surface area contributed by atoms with Gasteiger partial charge in [-0.05, 0) is 57.6 Å². The molecule has 1 fully saturated rings. The van der Waals surface area contributed by atoms with Gasteiger partial charge in [-0.3, -0.25) is 4.79 Å². The average Bonchev–Trinajstić information content (AvgIpc) is 3.27. The summed E-state index contributed by atoms with van der Waals surface area (Å²) in [6, 6.07) is 6.04. The van der Waals surface area contributed by atoms with Crippen molar-refractivity contribution in [3.05, 3.63) is 34.9 Å². The standard InChI is InChI=1S/C18H25NO3/c1-5-22-17(21)18(4,15-8-9-15)19-16(20)11-14-7-6-12(2)10-13(14)3/h6-7,10,15H,5,8-9,11H2,1-4H3,(H,19,20)/t18-/m1/s1. The predicted molar refractivity (Wildman–Crippen MR) is 85.5 cm³/mol. The number of esters is 1. The second-order valence-electron chi connectivity index (χ2n) is 6.35. The number of rotatable bonds is 6. The fourth-order valence-electron chi connectivity index (χ4n) is 2.81. The molecule has 1 N–H and O–H groups in total. The first kappa shape index (κ1) is 16.5. The molecule has 1 amide bonds. The molecule has 0 aromatic heterocycles. The van der Waals surface area contributed by atoms with Crippen LogP contribution < -0.4 is 5.32 Å². The molecule has 1 aromatic carbocycles. The maximum Gasteiger partial charge on any atom is 0.331 e. The van der Waals surface area contributed by atoms with Gasteiger partial charge in [-0.2, -0.15) is 0 Å². The second kappa shape index (κ2) is 6.51. The monoisotopic (exact) mass is 303 g/mol. The first-order chi connectivity index (χ1) is 10.4. The number of carbonyl (C=O) groups excluding carboxylic acids is 2. The fourth-order valence-corrected chi connectivity index (χ4v) is 2.81. The van der Waals surface area contributed by atoms with Gasteiger partial charge in [-0.1, -0.05) is 23.8 Å². The largest absolute Gasteiger partial charge is 0.464 e. The molecule has 1 saturated carbocycles. The molecular formula is C18H25NO3. The van der Waals surface area contributed by atoms with E-state index in [1.165, 1.54) is 5.56 Å². The summed E-state index contributed by atoms with van der Waals surface area (Å²) in [6.07, 6.45) is 2.20. The van der Waals surface area contributed by atoms with E-state index in [2.05, 4.69) is 11.4 Å². The van der Waals surface area contributed by atoms with E-state index in [1.54, 1.807) is 13.8 Å². The summed E-state index contributed by atoms with van der Waals surface area (Å²) in [5, 5.41) is 2.92. The van der Waals surface area contributed by atoms with E-state index in [0.717, 1.165) is 24.0 Å². The van der Waals surface area contributed by atoms with Crippen LogP contribution in [0.1, 0.15) is 43.4 Å². The minimum Gasteiger partial charge on any atom is -0.464 e. The van der Waals surface area contributed by atoms with Gasteiger partial charge in [0.25, 0.3) is 0 Å². The summed E-state index contributed by atoms with van der Waals surface area (Å²) < 4.78 is 5.15. The van der Waals surface area contributed by atoms with Gasteiger partial charge in [0, 0.05) is 0 Å². The lowest BCUT2D eigenvalue weighted by molar-refractivity contribution is -0.153. The van der Waals surface area contributed by atoms with Crippen LogP contribution >= 0.6 is 0 Å². The quantitative estimate of drug-likeness (QED) is 0.822. The molecule has 0 radical (unpaired) electrons. The van der Waals surface area contributed by atoms with Crippen LogP contribution in [0.25, 0.3) is 0 Å². The van der Waals surface area contributed by atoms with Crippen molar-refractivity contribution in [2.45, 2.75) is 52.5 Å². The fraction of sp³-hybridized carbons (Fsp3) is 0.556. The lowest BCUT2D eigenvalue weighted by Crippen LogP contribution is -2.55. The van der Waals surface area contributed by atoms with Crippen LogP contribution in [0.4, 0.5) is 0 Å². The van der Waals surface area contributed by atoms with Gasteiger partial charge in [-0.25, -0.2) is 4.79 Å². The van der Waals surface area contributed by atoms with Crippen molar-refractivity contribution in [3.63, 3.8) is 0 Å². The summed E-state index contributed by atoms with van der Waals surface area (Å²) in [7, 11) is 0. The lowest BCUT2D eigenvalue weighted by Gasteiger charge is -2.28. The molecule has 0 spiro atoms. The number of benzene rings is 1. The van der Waals surface area contributed by atoms with Crippen molar-refractivity contribution in [2.75, 3.05) is 6.61 Å². The maximum atomic E-state index is 12.4. The summed E-state index contributed by atoms with van der Waals surface area (Å²) in [6.45, 7) is 7.92. The normalized spacial score (nSPS) is 16.7. The van der Waals surface area contributed by atoms with Gasteiger partial charge in [0.1, 0.15) is 5.54 Å². The average molecular weight is 303 g/mol. The molecule has 0 saturated heterocycles. The molecule has 4 heteroatoms. The van der Waals surface area contributed by atoms with Gasteiger partial charge in [0.2, 0.25) is 5.91 Å². The maximum absolute atomic E-state index is 12.4. The molecular weight excluding hydrogens is 278 g/mol. The number of amides is 1. The topological polar surface area (TPSA) is 55.4 Å². The van der Waals surface area contributed by atoms with Crippen LogP contribution in [0.2, 0.25) is 0 Å². The van der Waals surface area contributed by atoms with Crippen molar-refractivity contribution in [1.82, 2.24) is 5.32 Å². The Labute approximate surface area is 132 Å². The van der Waals surface area contributed by atoms with Crippen molar-refractivity contribution >= 4 is 11.9 Å². The second-order valence-corrected chi connectivity index (χ2v) is 6.35. The number of aryl methyl sites for hydroxylation is 2. The first-order valence-electron chi connectivity index (χ1n) is 7.91. The highest BCUT2D eigenvalue weighted by atomic mass is 16.5. The Hall–Kier alpha value is -1.84. The minimum atomic E-state index is -0.897. The van der Waals surface area contributed by atoms with Crippen molar-refractivity contribution < 1.29 is 14.3 Å². The highest BCUT2D eigenvalue weighted by Gasteiger charge is 2.49. The number of nitrogens with one attached hydrogen (secondary N) is 1. The van der Waals surface area contributed by atoms with E-state index >= 15 is 0 Å². The number of hydrogen-bond donors (Lipinski definition) is 1. The van der Waals surface area contributed by atoms with E-state index in [1.807, 2.05) is 26.0 Å². The van der Waals surface area contributed by atoms with Crippen LogP contribution in [0.3, 0.4) is 0 Å². The van der Waals surface area contributed by atoms with Gasteiger partial charge in [0.15, 0.2) is 0 Å². The molecule has 1 atom stereocenters. The number of hydrogen-bond acceptors (Lipinski definition) is 3. The molecule has 0 unspecified atom stereocenters. The molecule has 4 nitrogen and oxygen atoms in total. The van der Waals surface area contributed by atoms with Crippen LogP contribution in [-0.2, 0) is 20.7 Å². The Morgan fingerprint density at radius 3 is 2.55 bits per heavy atom. The number of carbonyl (C=O) groups is 2. The molecule has 1 aromatic rings. The van der Waals surface area contributed by atoms with Gasteiger partial charge in [-0.15, -0.1) is 0 Å². The number of ether oxygens (including phenoxy) is 1. The summed E-state index contributed by atoms with van der Waals surface area (Å²) >= 11 is 0. The zero-order chi connectivity index (χ0) is 16.3. The molecule has 0 aliphatic heterocycles. The molecule has 22 heavy (non-hydrogen) atoms. The third kappa shape index (κ3) is 3.67. The van der Waals surface area contributed by atoms with Gasteiger partial charge < -0.3 is 10.1 Å². The van der Waals surface area contributed by atoms with E-state index in [4.69, 9.17) is 4.74 Å². The van der Waals surface area contributed by atoms with E-state index in [0.29, 0.717) is 6.61 Å². The first-order valence-corrected chi connectivity index (χ1v) is 7.91. The highest BCUT2D eigenvalue weighted by molar-refractivity contribution is 5.89. The van der Waals surface area contributed by atoms with Gasteiger partial charge >= 0.3 is 5.97 Å². The smallest absolute Gasteiger partial charge is 0.331 e. The Bertz CT molecular complexity index is 578. The third-order valence-corrected chi connectivity index (χ3v) is 4.34. The summed E-state index contributed by atoms with van der Waals surface area (Å²) in [4.78, 5) is 24.6. The van der Waals surface area contributed by atoms with E-state index in [-0.39, 0.29) is 24.2 Å². The van der Waals surface area contributed by atoms with Crippen LogP contribution in [-0.4, -0.2) is 24.0 Å². The molecule has 1 aliphatic rings. The zero-order valence-corrected chi connectivity index (χ0v) is 13.9. The molecule has 120 valence electrons. The van der Waals surface area contributed by atoms with Crippen LogP contribution in [0, 0.1) is 19.8 Å². The Kier molecular flexibility index (Phi) is 4.89. The molecule has 0 heterocycles. The molecule has 1 aliphatic carbocycles. The summed E-state index contributed by atoms with van der Waals surface area (Å²) in [5.74, 6) is -0.268. The lowest BCUT2D eigenvalue weighted by atomic mass is 9.94. The van der Waals surface area contributed by atoms with E-state index < -0.39 is 5.54 Å². The zero-order valence-electron chi connectivity index (χ0n) is 13.9. The Morgan fingerprint density at radius 1 is 1.32 bits per heavy atom. The van der Waals surface area contributed by atoms with Gasteiger partial charge in [0.05, 0.1) is 13.0 Å². The van der Waals surface area contributed by atoms with Crippen molar-refractivity contribution in [3.8, 4) is 0 Å². The van der Waals surface area contributed by atoms with Crippen LogP contribution in [0.5, 0.6) is 0 Å². The highest BCUT2D eigenvalue weighted by Crippen LogP contribution is 2.40. The third-order valence-electron chi connectivity index (χ3n) is 4.34. The van der Waals surface area contributed by atoms with Crippen LogP contribution in [0.15, 0.2) is 18.2 Å². The molecule has 0 bridgehead atoms. The SMILES string of the molecule is CCOC(=O)[C@](C)(NC(=O)Cc1ccc(C)cc1C)C1CC1. The Balaban J connectivity index is 2.07. The Morgan fingerprint density at radius 2 is 2.00 bits per heavy atom.